The number of imidazole rings is 1. The van der Waals surface area contributed by atoms with E-state index in [1.165, 1.54) is 6.92 Å². The second kappa shape index (κ2) is 5.73. The molecular formula is C14H18N4O2. The number of rotatable bonds is 5. The summed E-state index contributed by atoms with van der Waals surface area (Å²) >= 11 is 0. The third-order valence-electron chi connectivity index (χ3n) is 3.22. The van der Waals surface area contributed by atoms with E-state index in [0.29, 0.717) is 35.5 Å². The van der Waals surface area contributed by atoms with Crippen LogP contribution >= 0.6 is 0 Å². The van der Waals surface area contributed by atoms with E-state index < -0.39 is 0 Å². The van der Waals surface area contributed by atoms with Crippen LogP contribution in [0.2, 0.25) is 0 Å². The van der Waals surface area contributed by atoms with E-state index in [9.17, 15) is 9.59 Å². The van der Waals surface area contributed by atoms with Crippen LogP contribution in [0.15, 0.2) is 12.4 Å². The average Bonchev–Trinajstić information content (AvgIpc) is 2.97. The zero-order chi connectivity index (χ0) is 14.7. The lowest BCUT2D eigenvalue weighted by molar-refractivity contribution is 0.0952. The number of aromatic nitrogens is 3. The van der Waals surface area contributed by atoms with Gasteiger partial charge in [-0.25, -0.2) is 4.98 Å². The van der Waals surface area contributed by atoms with Gasteiger partial charge in [-0.2, -0.15) is 0 Å². The molecule has 0 saturated carbocycles. The Bertz CT molecular complexity index is 626. The number of ketones is 1. The molecule has 0 aliphatic carbocycles. The summed E-state index contributed by atoms with van der Waals surface area (Å²) in [5.74, 6) is 0.591. The fourth-order valence-electron chi connectivity index (χ4n) is 2.26. The fourth-order valence-corrected chi connectivity index (χ4v) is 2.26. The Morgan fingerprint density at radius 2 is 2.10 bits per heavy atom. The van der Waals surface area contributed by atoms with E-state index in [1.54, 1.807) is 26.2 Å². The van der Waals surface area contributed by atoms with E-state index in [4.69, 9.17) is 0 Å². The summed E-state index contributed by atoms with van der Waals surface area (Å²) in [5, 5.41) is 2.84. The Hall–Kier alpha value is -2.37. The third-order valence-corrected chi connectivity index (χ3v) is 3.22. The van der Waals surface area contributed by atoms with Gasteiger partial charge in [0.25, 0.3) is 5.91 Å². The van der Waals surface area contributed by atoms with Crippen molar-refractivity contribution >= 4 is 11.7 Å². The van der Waals surface area contributed by atoms with Gasteiger partial charge in [0.2, 0.25) is 0 Å². The van der Waals surface area contributed by atoms with Crippen LogP contribution in [0.1, 0.15) is 44.9 Å². The zero-order valence-corrected chi connectivity index (χ0v) is 11.8. The maximum atomic E-state index is 12.2. The van der Waals surface area contributed by atoms with Crippen molar-refractivity contribution in [3.8, 4) is 0 Å². The molecule has 0 aromatic carbocycles. The number of aromatic amines is 2. The molecule has 2 rings (SSSR count). The molecule has 2 aromatic rings. The minimum Gasteiger partial charge on any atom is -0.355 e. The van der Waals surface area contributed by atoms with E-state index in [1.807, 2.05) is 0 Å². The van der Waals surface area contributed by atoms with E-state index in [0.717, 1.165) is 5.82 Å². The standard InChI is InChI=1S/C14H18N4O2/c1-8-12(9(2)18-13(8)10(3)19)14(20)17-5-4-11-15-6-7-16-11/h6-7,18H,4-5H2,1-3H3,(H,15,16)(H,17,20). The van der Waals surface area contributed by atoms with Crippen LogP contribution in [-0.4, -0.2) is 33.2 Å². The first-order chi connectivity index (χ1) is 9.50. The number of carbonyl (C=O) groups excluding carboxylic acids is 2. The fraction of sp³-hybridized carbons (Fsp3) is 0.357. The number of hydrogen-bond acceptors (Lipinski definition) is 3. The second-order valence-corrected chi connectivity index (χ2v) is 4.72. The first-order valence-corrected chi connectivity index (χ1v) is 6.47. The van der Waals surface area contributed by atoms with E-state index in [2.05, 4.69) is 20.3 Å². The molecule has 0 aliphatic rings. The number of aryl methyl sites for hydroxylation is 1. The zero-order valence-electron chi connectivity index (χ0n) is 11.8. The highest BCUT2D eigenvalue weighted by atomic mass is 16.1. The maximum absolute atomic E-state index is 12.2. The third kappa shape index (κ3) is 2.79. The minimum absolute atomic E-state index is 0.0692. The smallest absolute Gasteiger partial charge is 0.253 e. The predicted molar refractivity (Wildman–Crippen MR) is 74.9 cm³/mol. The molecule has 0 saturated heterocycles. The van der Waals surface area contributed by atoms with Gasteiger partial charge < -0.3 is 15.3 Å². The Labute approximate surface area is 117 Å². The van der Waals surface area contributed by atoms with Gasteiger partial charge in [-0.3, -0.25) is 9.59 Å². The van der Waals surface area contributed by atoms with Crippen molar-refractivity contribution in [2.45, 2.75) is 27.2 Å². The molecule has 6 nitrogen and oxygen atoms in total. The Morgan fingerprint density at radius 3 is 2.65 bits per heavy atom. The Kier molecular flexibility index (Phi) is 4.02. The summed E-state index contributed by atoms with van der Waals surface area (Å²) in [6, 6.07) is 0. The number of amides is 1. The lowest BCUT2D eigenvalue weighted by Crippen LogP contribution is -2.26. The lowest BCUT2D eigenvalue weighted by Gasteiger charge is -2.05. The molecule has 0 atom stereocenters. The average molecular weight is 274 g/mol. The van der Waals surface area contributed by atoms with E-state index >= 15 is 0 Å². The van der Waals surface area contributed by atoms with Gasteiger partial charge in [0.1, 0.15) is 5.82 Å². The summed E-state index contributed by atoms with van der Waals surface area (Å²) in [7, 11) is 0. The van der Waals surface area contributed by atoms with Crippen LogP contribution in [-0.2, 0) is 6.42 Å². The molecule has 3 N–H and O–H groups in total. The predicted octanol–water partition coefficient (Wildman–Crippen LogP) is 1.53. The summed E-state index contributed by atoms with van der Waals surface area (Å²) < 4.78 is 0. The highest BCUT2D eigenvalue weighted by molar-refractivity contribution is 6.02. The molecule has 106 valence electrons. The number of nitrogens with zero attached hydrogens (tertiary/aromatic N) is 1. The highest BCUT2D eigenvalue weighted by Crippen LogP contribution is 2.18. The molecule has 2 aromatic heterocycles. The molecule has 1 amide bonds. The van der Waals surface area contributed by atoms with Crippen molar-refractivity contribution in [1.29, 1.82) is 0 Å². The van der Waals surface area contributed by atoms with E-state index in [-0.39, 0.29) is 11.7 Å². The topological polar surface area (TPSA) is 90.6 Å². The quantitative estimate of drug-likeness (QED) is 0.722. The van der Waals surface area contributed by atoms with Crippen molar-refractivity contribution in [2.75, 3.05) is 6.54 Å². The minimum atomic E-state index is -0.171. The number of H-pyrrole nitrogens is 2. The molecule has 0 bridgehead atoms. The van der Waals surface area contributed by atoms with Gasteiger partial charge >= 0.3 is 0 Å². The van der Waals surface area contributed by atoms with Crippen LogP contribution < -0.4 is 5.32 Å². The van der Waals surface area contributed by atoms with Crippen molar-refractivity contribution in [3.63, 3.8) is 0 Å². The number of Topliss-reactive ketones (excluding diaryl/α,β-unsaturated/α-hetero) is 1. The molecule has 0 unspecified atom stereocenters. The van der Waals surface area contributed by atoms with Gasteiger partial charge in [0.15, 0.2) is 5.78 Å². The van der Waals surface area contributed by atoms with Gasteiger partial charge in [-0.05, 0) is 19.4 Å². The van der Waals surface area contributed by atoms with Gasteiger partial charge in [-0.15, -0.1) is 0 Å². The lowest BCUT2D eigenvalue weighted by atomic mass is 10.1. The second-order valence-electron chi connectivity index (χ2n) is 4.72. The summed E-state index contributed by atoms with van der Waals surface area (Å²) in [6.45, 7) is 5.55. The highest BCUT2D eigenvalue weighted by Gasteiger charge is 2.19. The molecule has 0 fully saturated rings. The summed E-state index contributed by atoms with van der Waals surface area (Å²) in [6.07, 6.45) is 4.06. The van der Waals surface area contributed by atoms with Gasteiger partial charge in [-0.1, -0.05) is 0 Å². The molecule has 0 aliphatic heterocycles. The number of nitrogens with one attached hydrogen (secondary N) is 3. The van der Waals surface area contributed by atoms with Crippen LogP contribution in [0.5, 0.6) is 0 Å². The van der Waals surface area contributed by atoms with Gasteiger partial charge in [0.05, 0.1) is 11.3 Å². The summed E-state index contributed by atoms with van der Waals surface area (Å²) in [5.41, 5.74) is 2.46. The monoisotopic (exact) mass is 274 g/mol. The van der Waals surface area contributed by atoms with Crippen molar-refractivity contribution in [3.05, 3.63) is 40.7 Å². The maximum Gasteiger partial charge on any atom is 0.253 e. The molecule has 20 heavy (non-hydrogen) atoms. The van der Waals surface area contributed by atoms with Crippen molar-refractivity contribution in [2.24, 2.45) is 0 Å². The molecular weight excluding hydrogens is 256 g/mol. The van der Waals surface area contributed by atoms with Crippen molar-refractivity contribution in [1.82, 2.24) is 20.3 Å². The van der Waals surface area contributed by atoms with Gasteiger partial charge in [0, 0.05) is 38.0 Å². The molecule has 0 spiro atoms. The number of carbonyl (C=O) groups is 2. The first-order valence-electron chi connectivity index (χ1n) is 6.47. The van der Waals surface area contributed by atoms with Crippen LogP contribution in [0, 0.1) is 13.8 Å². The number of hydrogen-bond donors (Lipinski definition) is 3. The summed E-state index contributed by atoms with van der Waals surface area (Å²) in [4.78, 5) is 33.7. The van der Waals surface area contributed by atoms with Crippen molar-refractivity contribution < 1.29 is 9.59 Å². The molecule has 6 heteroatoms. The normalized spacial score (nSPS) is 10.6. The molecule has 0 radical (unpaired) electrons. The van der Waals surface area contributed by atoms with Crippen LogP contribution in [0.25, 0.3) is 0 Å². The van der Waals surface area contributed by atoms with Crippen LogP contribution in [0.3, 0.4) is 0 Å². The largest absolute Gasteiger partial charge is 0.355 e. The Morgan fingerprint density at radius 1 is 1.35 bits per heavy atom. The Balaban J connectivity index is 2.04. The van der Waals surface area contributed by atoms with Crippen LogP contribution in [0.4, 0.5) is 0 Å². The first kappa shape index (κ1) is 14.0. The SMILES string of the molecule is CC(=O)c1[nH]c(C)c(C(=O)NCCc2ncc[nH]2)c1C. The molecule has 2 heterocycles.